The smallest absolute Gasteiger partial charge is 0.371 e. The predicted molar refractivity (Wildman–Crippen MR) is 109 cm³/mol. The largest absolute Gasteiger partial charge is 0.494 e. The lowest BCUT2D eigenvalue weighted by molar-refractivity contribution is -0.135. The zero-order valence-electron chi connectivity index (χ0n) is 15.7. The molecule has 1 heterocycles. The summed E-state index contributed by atoms with van der Waals surface area (Å²) in [7, 11) is 3.47. The average molecular weight is 396 g/mol. The molecule has 144 valence electrons. The normalized spacial score (nSPS) is 12.1. The molecule has 0 bridgehead atoms. The van der Waals surface area contributed by atoms with Crippen LogP contribution in [0.4, 0.5) is 5.69 Å². The minimum Gasteiger partial charge on any atom is -0.494 e. The van der Waals surface area contributed by atoms with Crippen molar-refractivity contribution in [1.82, 2.24) is 4.57 Å². The lowest BCUT2D eigenvalue weighted by Gasteiger charge is -2.11. The molecule has 0 atom stereocenters. The second-order valence-electron chi connectivity index (χ2n) is 5.81. The quantitative estimate of drug-likeness (QED) is 0.496. The van der Waals surface area contributed by atoms with Crippen molar-refractivity contribution in [3.8, 4) is 22.8 Å². The van der Waals surface area contributed by atoms with Crippen molar-refractivity contribution < 1.29 is 19.4 Å². The number of ether oxygens (including phenoxy) is 2. The van der Waals surface area contributed by atoms with E-state index in [0.29, 0.717) is 17.2 Å². The molecule has 0 aliphatic rings. The summed E-state index contributed by atoms with van der Waals surface area (Å²) < 4.78 is 13.0. The number of thiazole rings is 1. The van der Waals surface area contributed by atoms with Gasteiger partial charge in [-0.2, -0.15) is 0 Å². The molecule has 3 aromatic rings. The zero-order chi connectivity index (χ0) is 20.1. The molecule has 1 N–H and O–H groups in total. The van der Waals surface area contributed by atoms with E-state index in [1.807, 2.05) is 47.3 Å². The third-order valence-electron chi connectivity index (χ3n) is 4.08. The van der Waals surface area contributed by atoms with Gasteiger partial charge in [0.1, 0.15) is 5.75 Å². The Hall–Kier alpha value is -3.32. The number of methoxy groups -OCH3 is 1. The van der Waals surface area contributed by atoms with E-state index in [1.165, 1.54) is 24.5 Å². The summed E-state index contributed by atoms with van der Waals surface area (Å²) in [5.41, 5.74) is 2.55. The molecule has 0 spiro atoms. The van der Waals surface area contributed by atoms with Crippen LogP contribution in [0.2, 0.25) is 0 Å². The molecule has 2 aromatic carbocycles. The highest BCUT2D eigenvalue weighted by Gasteiger charge is 2.15. The lowest BCUT2D eigenvalue weighted by atomic mass is 10.2. The summed E-state index contributed by atoms with van der Waals surface area (Å²) in [5, 5.41) is 11.3. The number of aliphatic carboxylic acids is 1. The Balaban J connectivity index is 2.12. The number of carboxylic acids is 1. The van der Waals surface area contributed by atoms with Crippen LogP contribution in [0.1, 0.15) is 6.92 Å². The Bertz CT molecular complexity index is 1080. The van der Waals surface area contributed by atoms with Crippen molar-refractivity contribution in [2.24, 2.45) is 12.0 Å². The molecule has 0 radical (unpaired) electrons. The van der Waals surface area contributed by atoms with Crippen molar-refractivity contribution in [2.45, 2.75) is 6.92 Å². The topological polar surface area (TPSA) is 73.0 Å². The average Bonchev–Trinajstić information content (AvgIpc) is 3.07. The Labute approximate surface area is 166 Å². The van der Waals surface area contributed by atoms with E-state index in [4.69, 9.17) is 14.5 Å². The van der Waals surface area contributed by atoms with E-state index in [0.717, 1.165) is 16.1 Å². The van der Waals surface area contributed by atoms with Gasteiger partial charge in [-0.1, -0.05) is 36.4 Å². The summed E-state index contributed by atoms with van der Waals surface area (Å²) >= 11 is 1.48. The first-order valence-corrected chi connectivity index (χ1v) is 9.42. The summed E-state index contributed by atoms with van der Waals surface area (Å²) in [4.78, 5) is 16.8. The predicted octanol–water partition coefficient (Wildman–Crippen LogP) is 4.36. The molecule has 1 aromatic heterocycles. The van der Waals surface area contributed by atoms with Crippen molar-refractivity contribution in [1.29, 1.82) is 0 Å². The van der Waals surface area contributed by atoms with Crippen LogP contribution in [0, 0.1) is 0 Å². The Morgan fingerprint density at radius 2 is 1.86 bits per heavy atom. The minimum atomic E-state index is -1.15. The first-order valence-electron chi connectivity index (χ1n) is 8.54. The molecular weight excluding hydrogens is 376 g/mol. The number of benzene rings is 2. The van der Waals surface area contributed by atoms with Gasteiger partial charge >= 0.3 is 5.97 Å². The number of carbonyl (C=O) groups is 1. The third kappa shape index (κ3) is 3.99. The number of hydrogen-bond acceptors (Lipinski definition) is 5. The van der Waals surface area contributed by atoms with E-state index in [2.05, 4.69) is 0 Å². The molecule has 28 heavy (non-hydrogen) atoms. The van der Waals surface area contributed by atoms with Crippen molar-refractivity contribution in [2.75, 3.05) is 7.11 Å². The summed E-state index contributed by atoms with van der Waals surface area (Å²) in [5.74, 6) is -0.521. The zero-order valence-corrected chi connectivity index (χ0v) is 16.6. The van der Waals surface area contributed by atoms with Gasteiger partial charge in [-0.25, -0.2) is 9.79 Å². The number of para-hydroxylation sites is 1. The van der Waals surface area contributed by atoms with E-state index in [9.17, 15) is 9.90 Å². The molecule has 0 amide bonds. The van der Waals surface area contributed by atoms with Gasteiger partial charge < -0.3 is 19.1 Å². The van der Waals surface area contributed by atoms with Crippen LogP contribution < -0.4 is 14.3 Å². The molecule has 6 nitrogen and oxygen atoms in total. The Morgan fingerprint density at radius 1 is 1.14 bits per heavy atom. The second kappa shape index (κ2) is 8.58. The van der Waals surface area contributed by atoms with Crippen LogP contribution in [0.15, 0.2) is 70.7 Å². The molecule has 0 aliphatic heterocycles. The maximum Gasteiger partial charge on any atom is 0.371 e. The van der Waals surface area contributed by atoms with Gasteiger partial charge in [0.2, 0.25) is 5.76 Å². The third-order valence-corrected chi connectivity index (χ3v) is 4.99. The molecule has 0 unspecified atom stereocenters. The van der Waals surface area contributed by atoms with Gasteiger partial charge in [0.15, 0.2) is 16.2 Å². The molecular formula is C21H20N2O4S. The van der Waals surface area contributed by atoms with Crippen molar-refractivity contribution >= 4 is 23.0 Å². The van der Waals surface area contributed by atoms with E-state index < -0.39 is 5.97 Å². The number of aromatic nitrogens is 1. The first-order chi connectivity index (χ1) is 13.5. The van der Waals surface area contributed by atoms with Gasteiger partial charge in [-0.15, -0.1) is 11.3 Å². The fourth-order valence-electron chi connectivity index (χ4n) is 2.64. The van der Waals surface area contributed by atoms with E-state index in [-0.39, 0.29) is 5.76 Å². The molecule has 0 aliphatic carbocycles. The van der Waals surface area contributed by atoms with E-state index in [1.54, 1.807) is 25.1 Å². The van der Waals surface area contributed by atoms with Crippen molar-refractivity contribution in [3.05, 3.63) is 70.5 Å². The maximum atomic E-state index is 11.3. The number of rotatable bonds is 6. The van der Waals surface area contributed by atoms with Crippen molar-refractivity contribution in [3.63, 3.8) is 0 Å². The van der Waals surface area contributed by atoms with E-state index >= 15 is 0 Å². The van der Waals surface area contributed by atoms with Gasteiger partial charge in [-0.05, 0) is 30.7 Å². The highest BCUT2D eigenvalue weighted by Crippen LogP contribution is 2.38. The fraction of sp³-hybridized carbons (Fsp3) is 0.143. The molecule has 7 heteroatoms. The van der Waals surface area contributed by atoms with Crippen LogP contribution in [-0.4, -0.2) is 22.8 Å². The standard InChI is InChI=1S/C21H20N2O4S/c1-4-16(20(24)25)27-18-12-8-11-17(26-3)19(18)22-21-23(2)15(13-28-21)14-9-6-5-7-10-14/h4-13H,1-3H3,(H,24,25)/b16-4+,22-21?. The lowest BCUT2D eigenvalue weighted by Crippen LogP contribution is -2.12. The summed E-state index contributed by atoms with van der Waals surface area (Å²) in [6.45, 7) is 1.60. The summed E-state index contributed by atoms with van der Waals surface area (Å²) in [6.07, 6.45) is 1.39. The van der Waals surface area contributed by atoms with Crippen LogP contribution >= 0.6 is 11.3 Å². The second-order valence-corrected chi connectivity index (χ2v) is 6.64. The molecule has 0 saturated carbocycles. The number of carboxylic acid groups (broad SMARTS) is 1. The number of allylic oxidation sites excluding steroid dienone is 1. The highest BCUT2D eigenvalue weighted by molar-refractivity contribution is 7.07. The Kier molecular flexibility index (Phi) is 5.96. The monoisotopic (exact) mass is 396 g/mol. The van der Waals surface area contributed by atoms with Gasteiger partial charge in [-0.3, -0.25) is 0 Å². The molecule has 3 rings (SSSR count). The number of nitrogens with zero attached hydrogens (tertiary/aromatic N) is 2. The van der Waals surface area contributed by atoms with Crippen LogP contribution in [0.3, 0.4) is 0 Å². The van der Waals surface area contributed by atoms with Gasteiger partial charge in [0, 0.05) is 12.4 Å². The van der Waals surface area contributed by atoms with Crippen LogP contribution in [0.5, 0.6) is 11.5 Å². The minimum absolute atomic E-state index is 0.176. The SMILES string of the molecule is C/C=C(/Oc1cccc(OC)c1N=c1scc(-c2ccccc2)n1C)C(=O)O. The fourth-order valence-corrected chi connectivity index (χ4v) is 3.55. The first kappa shape index (κ1) is 19.4. The van der Waals surface area contributed by atoms with Gasteiger partial charge in [0.25, 0.3) is 0 Å². The molecule has 0 fully saturated rings. The molecule has 0 saturated heterocycles. The van der Waals surface area contributed by atoms with Gasteiger partial charge in [0.05, 0.1) is 12.8 Å². The highest BCUT2D eigenvalue weighted by atomic mass is 32.1. The maximum absolute atomic E-state index is 11.3. The summed E-state index contributed by atoms with van der Waals surface area (Å²) in [6, 6.07) is 15.2. The Morgan fingerprint density at radius 3 is 2.50 bits per heavy atom. The number of hydrogen-bond donors (Lipinski definition) is 1. The van der Waals surface area contributed by atoms with Crippen LogP contribution in [0.25, 0.3) is 11.3 Å². The van der Waals surface area contributed by atoms with Crippen LogP contribution in [-0.2, 0) is 11.8 Å².